The molecule has 2 fully saturated rings. The largest absolute Gasteiger partial charge is 0.298 e. The van der Waals surface area contributed by atoms with Crippen LogP contribution in [-0.4, -0.2) is 57.4 Å². The highest BCUT2D eigenvalue weighted by Crippen LogP contribution is 2.47. The standard InChI is InChI=1S/C26H26N2O5S2/c1-25-17-27(34(30,31)22-13-7-3-8-14-22)19-26(24(25)29,21-11-5-2-6-12-21)20-28(18-25)35(32,33)23-15-9-4-10-16-23/h2-16H,17-20H2,1H3. The maximum absolute atomic E-state index is 14.0. The van der Waals surface area contributed by atoms with E-state index in [4.69, 9.17) is 0 Å². The fraction of sp³-hybridized carbons (Fsp3) is 0.269. The molecule has 3 aromatic carbocycles. The quantitative estimate of drug-likeness (QED) is 0.526. The number of piperidine rings is 2. The zero-order valence-corrected chi connectivity index (χ0v) is 20.9. The first-order valence-corrected chi connectivity index (χ1v) is 14.2. The van der Waals surface area contributed by atoms with E-state index in [-0.39, 0.29) is 41.8 Å². The van der Waals surface area contributed by atoms with Crippen LogP contribution in [0, 0.1) is 5.41 Å². The van der Waals surface area contributed by atoms with Crippen molar-refractivity contribution in [2.24, 2.45) is 5.41 Å². The van der Waals surface area contributed by atoms with Gasteiger partial charge in [-0.15, -0.1) is 0 Å². The van der Waals surface area contributed by atoms with Gasteiger partial charge in [-0.25, -0.2) is 16.8 Å². The van der Waals surface area contributed by atoms with E-state index in [1.165, 1.54) is 32.9 Å². The average molecular weight is 511 g/mol. The summed E-state index contributed by atoms with van der Waals surface area (Å²) < 4.78 is 57.2. The third kappa shape index (κ3) is 3.83. The summed E-state index contributed by atoms with van der Waals surface area (Å²) in [5, 5.41) is 0. The fourth-order valence-electron chi connectivity index (χ4n) is 5.35. The summed E-state index contributed by atoms with van der Waals surface area (Å²) in [6, 6.07) is 25.2. The lowest BCUT2D eigenvalue weighted by atomic mass is 9.62. The third-order valence-corrected chi connectivity index (χ3v) is 10.6. The van der Waals surface area contributed by atoms with Crippen LogP contribution in [0.4, 0.5) is 0 Å². The zero-order valence-electron chi connectivity index (χ0n) is 19.2. The molecule has 0 aromatic heterocycles. The Bertz CT molecular complexity index is 1380. The van der Waals surface area contributed by atoms with E-state index in [2.05, 4.69) is 0 Å². The molecule has 0 aliphatic carbocycles. The Hall–Kier alpha value is -2.85. The smallest absolute Gasteiger partial charge is 0.243 e. The van der Waals surface area contributed by atoms with Crippen molar-refractivity contribution in [3.63, 3.8) is 0 Å². The normalized spacial score (nSPS) is 25.9. The second-order valence-electron chi connectivity index (χ2n) is 9.51. The summed E-state index contributed by atoms with van der Waals surface area (Å²) in [4.78, 5) is 14.3. The second kappa shape index (κ2) is 8.37. The Balaban J connectivity index is 1.65. The molecule has 182 valence electrons. The van der Waals surface area contributed by atoms with Crippen molar-refractivity contribution in [1.29, 1.82) is 0 Å². The van der Waals surface area contributed by atoms with Gasteiger partial charge < -0.3 is 0 Å². The molecule has 2 aliphatic heterocycles. The minimum absolute atomic E-state index is 0.0988. The van der Waals surface area contributed by atoms with Gasteiger partial charge in [0.1, 0.15) is 0 Å². The molecule has 5 rings (SSSR count). The SMILES string of the molecule is CC12CN(S(=O)(=O)c3ccccc3)CC(c3ccccc3)(CN(S(=O)(=O)c3ccccc3)C1)C2=O. The Morgan fingerprint density at radius 1 is 0.600 bits per heavy atom. The van der Waals surface area contributed by atoms with Gasteiger partial charge in [0.25, 0.3) is 0 Å². The highest BCUT2D eigenvalue weighted by Gasteiger charge is 2.62. The van der Waals surface area contributed by atoms with Crippen LogP contribution < -0.4 is 0 Å². The van der Waals surface area contributed by atoms with Gasteiger partial charge in [0, 0.05) is 26.2 Å². The van der Waals surface area contributed by atoms with E-state index < -0.39 is 30.9 Å². The lowest BCUT2D eigenvalue weighted by Gasteiger charge is -2.55. The van der Waals surface area contributed by atoms with Crippen molar-refractivity contribution in [2.45, 2.75) is 22.1 Å². The molecule has 9 heteroatoms. The molecule has 2 bridgehead atoms. The number of rotatable bonds is 5. The fourth-order valence-corrected chi connectivity index (χ4v) is 8.64. The Labute approximate surface area is 206 Å². The predicted octanol–water partition coefficient (Wildman–Crippen LogP) is 2.91. The number of fused-ring (bicyclic) bond motifs is 2. The molecule has 0 radical (unpaired) electrons. The molecule has 2 aliphatic rings. The summed E-state index contributed by atoms with van der Waals surface area (Å²) in [5.41, 5.74) is -1.95. The molecular weight excluding hydrogens is 484 g/mol. The Morgan fingerprint density at radius 3 is 1.37 bits per heavy atom. The van der Waals surface area contributed by atoms with E-state index in [9.17, 15) is 21.6 Å². The monoisotopic (exact) mass is 510 g/mol. The molecule has 0 atom stereocenters. The molecule has 0 saturated carbocycles. The van der Waals surface area contributed by atoms with Crippen LogP contribution in [0.1, 0.15) is 12.5 Å². The number of hydrogen-bond acceptors (Lipinski definition) is 5. The number of Topliss-reactive ketones (excluding diaryl/α,β-unsaturated/α-hetero) is 1. The first-order valence-electron chi connectivity index (χ1n) is 11.3. The van der Waals surface area contributed by atoms with Crippen LogP contribution in [0.5, 0.6) is 0 Å². The molecule has 0 amide bonds. The Kier molecular flexibility index (Phi) is 5.71. The van der Waals surface area contributed by atoms with Crippen molar-refractivity contribution in [2.75, 3.05) is 26.2 Å². The van der Waals surface area contributed by atoms with Gasteiger partial charge in [-0.3, -0.25) is 4.79 Å². The molecule has 7 nitrogen and oxygen atoms in total. The van der Waals surface area contributed by atoms with E-state index in [1.54, 1.807) is 67.6 Å². The maximum Gasteiger partial charge on any atom is 0.243 e. The lowest BCUT2D eigenvalue weighted by Crippen LogP contribution is -2.72. The number of carbonyl (C=O) groups is 1. The van der Waals surface area contributed by atoms with Gasteiger partial charge in [-0.1, -0.05) is 73.7 Å². The van der Waals surface area contributed by atoms with Crippen molar-refractivity contribution in [3.8, 4) is 0 Å². The average Bonchev–Trinajstić information content (AvgIpc) is 2.86. The van der Waals surface area contributed by atoms with E-state index in [0.29, 0.717) is 5.56 Å². The van der Waals surface area contributed by atoms with Gasteiger partial charge in [0.2, 0.25) is 20.0 Å². The van der Waals surface area contributed by atoms with Crippen LogP contribution >= 0.6 is 0 Å². The van der Waals surface area contributed by atoms with Crippen LogP contribution in [-0.2, 0) is 30.3 Å². The molecule has 0 N–H and O–H groups in total. The molecule has 35 heavy (non-hydrogen) atoms. The summed E-state index contributed by atoms with van der Waals surface area (Å²) in [7, 11) is -7.81. The van der Waals surface area contributed by atoms with Gasteiger partial charge in [-0.2, -0.15) is 8.61 Å². The third-order valence-electron chi connectivity index (χ3n) is 7.01. The number of nitrogens with zero attached hydrogens (tertiary/aromatic N) is 2. The summed E-state index contributed by atoms with van der Waals surface area (Å²) >= 11 is 0. The van der Waals surface area contributed by atoms with Gasteiger partial charge in [0.15, 0.2) is 5.78 Å². The molecular formula is C26H26N2O5S2. The predicted molar refractivity (Wildman–Crippen MR) is 132 cm³/mol. The van der Waals surface area contributed by atoms with E-state index in [0.717, 1.165) is 0 Å². The number of benzene rings is 3. The van der Waals surface area contributed by atoms with Crippen LogP contribution in [0.3, 0.4) is 0 Å². The van der Waals surface area contributed by atoms with E-state index in [1.807, 2.05) is 6.07 Å². The number of ketones is 1. The van der Waals surface area contributed by atoms with Crippen LogP contribution in [0.15, 0.2) is 101 Å². The first-order chi connectivity index (χ1) is 16.6. The van der Waals surface area contributed by atoms with E-state index >= 15 is 0 Å². The molecule has 0 spiro atoms. The van der Waals surface area contributed by atoms with Crippen molar-refractivity contribution in [1.82, 2.24) is 8.61 Å². The maximum atomic E-state index is 14.0. The number of sulfonamides is 2. The summed E-state index contributed by atoms with van der Waals surface area (Å²) in [6.45, 7) is 1.20. The van der Waals surface area contributed by atoms with Crippen molar-refractivity contribution >= 4 is 25.8 Å². The molecule has 0 unspecified atom stereocenters. The van der Waals surface area contributed by atoms with Gasteiger partial charge in [0.05, 0.1) is 20.6 Å². The number of carbonyl (C=O) groups excluding carboxylic acids is 1. The first kappa shape index (κ1) is 23.9. The minimum atomic E-state index is -3.90. The van der Waals surface area contributed by atoms with Gasteiger partial charge in [-0.05, 0) is 29.8 Å². The summed E-state index contributed by atoms with van der Waals surface area (Å²) in [5.74, 6) is -0.129. The second-order valence-corrected chi connectivity index (χ2v) is 13.4. The highest BCUT2D eigenvalue weighted by atomic mass is 32.2. The molecule has 3 aromatic rings. The zero-order chi connectivity index (χ0) is 24.9. The molecule has 2 saturated heterocycles. The minimum Gasteiger partial charge on any atom is -0.298 e. The van der Waals surface area contributed by atoms with Crippen molar-refractivity contribution < 1.29 is 21.6 Å². The van der Waals surface area contributed by atoms with Crippen LogP contribution in [0.2, 0.25) is 0 Å². The van der Waals surface area contributed by atoms with Gasteiger partial charge >= 0.3 is 0 Å². The lowest BCUT2D eigenvalue weighted by molar-refractivity contribution is -0.144. The molecule has 2 heterocycles. The number of hydrogen-bond donors (Lipinski definition) is 0. The van der Waals surface area contributed by atoms with Crippen LogP contribution in [0.25, 0.3) is 0 Å². The highest BCUT2D eigenvalue weighted by molar-refractivity contribution is 7.89. The topological polar surface area (TPSA) is 91.8 Å². The summed E-state index contributed by atoms with van der Waals surface area (Å²) in [6.07, 6.45) is 0. The van der Waals surface area contributed by atoms with Crippen molar-refractivity contribution in [3.05, 3.63) is 96.6 Å². The Morgan fingerprint density at radius 2 is 0.971 bits per heavy atom.